The molecule has 0 amide bonds. The topological polar surface area (TPSA) is 9.23 Å². The Morgan fingerprint density at radius 2 is 2.25 bits per heavy atom. The molecule has 21 valence electrons. The monoisotopic (exact) mass is 73.0 g/mol. The van der Waals surface area contributed by atoms with Crippen LogP contribution in [0, 0.1) is 0 Å². The van der Waals surface area contributed by atoms with E-state index >= 15 is 0 Å². The minimum absolute atomic E-state index is 1.09. The van der Waals surface area contributed by atoms with Crippen LogP contribution in [0.5, 0.6) is 0 Å². The zero-order valence-electron chi connectivity index (χ0n) is 2.14. The van der Waals surface area contributed by atoms with E-state index in [0.29, 0.717) is 0 Å². The van der Waals surface area contributed by atoms with Gasteiger partial charge in [-0.3, -0.25) is 0 Å². The van der Waals surface area contributed by atoms with Gasteiger partial charge in [0.15, 0.2) is 0 Å². The first-order chi connectivity index (χ1) is 1.91. The Hall–Kier alpha value is 0.165. The van der Waals surface area contributed by atoms with Crippen molar-refractivity contribution in [3.8, 4) is 0 Å². The minimum atomic E-state index is 1.09. The third-order valence-electron chi connectivity index (χ3n) is 0.0786. The Bertz CT molecular complexity index is 22.0. The predicted molar refractivity (Wildman–Crippen MR) is 22.6 cm³/mol. The van der Waals surface area contributed by atoms with E-state index in [-0.39, 0.29) is 0 Å². The summed E-state index contributed by atoms with van der Waals surface area (Å²) in [7, 11) is 6.63. The molecular weight excluding hydrogens is 69.8 g/mol. The van der Waals surface area contributed by atoms with Crippen LogP contribution in [0.15, 0.2) is 0 Å². The second-order valence-corrected chi connectivity index (χ2v) is 0.544. The van der Waals surface area contributed by atoms with Gasteiger partial charge in [0.05, 0.1) is 0 Å². The van der Waals surface area contributed by atoms with Gasteiger partial charge in [0.2, 0.25) is 0 Å². The summed E-state index contributed by atoms with van der Waals surface area (Å²) in [6, 6.07) is 0. The van der Waals surface area contributed by atoms with Crippen LogP contribution in [0.2, 0.25) is 0 Å². The van der Waals surface area contributed by atoms with Crippen molar-refractivity contribution in [2.45, 2.75) is 0 Å². The molecule has 0 saturated heterocycles. The van der Waals surface area contributed by atoms with Gasteiger partial charge in [-0.2, -0.15) is 0 Å². The van der Waals surface area contributed by atoms with E-state index < -0.39 is 0 Å². The van der Waals surface area contributed by atoms with E-state index in [4.69, 9.17) is 0 Å². The van der Waals surface area contributed by atoms with Crippen molar-refractivity contribution in [1.82, 2.24) is 0 Å². The molecule has 1 unspecified atom stereocenters. The zero-order chi connectivity index (χ0) is 3.41. The molecule has 0 spiro atoms. The van der Waals surface area contributed by atoms with Gasteiger partial charge in [0.25, 0.3) is 0 Å². The SMILES string of the molecule is [B]=COP. The maximum atomic E-state index is 4.66. The molecule has 1 radical (unpaired) electrons. The van der Waals surface area contributed by atoms with E-state index in [1.807, 2.05) is 9.47 Å². The van der Waals surface area contributed by atoms with Gasteiger partial charge in [0.1, 0.15) is 0 Å². The average Bonchev–Trinajstić information content (AvgIpc) is 1.37. The predicted octanol–water partition coefficient (Wildman–Crippen LogP) is -0.279. The molecule has 0 bridgehead atoms. The number of hydrogen-bond acceptors (Lipinski definition) is 1. The fourth-order valence-electron chi connectivity index (χ4n) is 0. The third kappa shape index (κ3) is 2.16. The Kier molecular flexibility index (Phi) is 3.30. The normalized spacial score (nSPS) is 5.00. The van der Waals surface area contributed by atoms with E-state index in [1.165, 1.54) is 0 Å². The Morgan fingerprint density at radius 1 is 2.00 bits per heavy atom. The van der Waals surface area contributed by atoms with Crippen molar-refractivity contribution in [3.63, 3.8) is 0 Å². The Balaban J connectivity index is 2.30. The molecule has 1 atom stereocenters. The van der Waals surface area contributed by atoms with Crippen LogP contribution in [-0.2, 0) is 4.52 Å². The summed E-state index contributed by atoms with van der Waals surface area (Å²) >= 11 is 0. The van der Waals surface area contributed by atoms with Crippen LogP contribution < -0.4 is 0 Å². The summed E-state index contributed by atoms with van der Waals surface area (Å²) < 4.78 is 4.11. The number of rotatable bonds is 1. The first-order valence-corrected chi connectivity index (χ1v) is 1.28. The number of hydrogen-bond donors (Lipinski definition) is 0. The zero-order valence-corrected chi connectivity index (χ0v) is 3.29. The summed E-state index contributed by atoms with van der Waals surface area (Å²) in [6.45, 7) is 0. The van der Waals surface area contributed by atoms with Gasteiger partial charge in [-0.25, -0.2) is 0 Å². The molecule has 0 aliphatic rings. The van der Waals surface area contributed by atoms with Crippen LogP contribution in [0.25, 0.3) is 0 Å². The summed E-state index contributed by atoms with van der Waals surface area (Å²) in [5, 5.41) is 0. The van der Waals surface area contributed by atoms with Gasteiger partial charge in [-0.15, -0.1) is 0 Å². The standard InChI is InChI=1S/CH3BOP/c2-1-3-4/h1H,4H2. The molecule has 0 aliphatic carbocycles. The molecule has 3 heteroatoms. The second kappa shape index (κ2) is 3.16. The van der Waals surface area contributed by atoms with Gasteiger partial charge >= 0.3 is 27.6 Å². The fraction of sp³-hybridized carbons (Fsp3) is 0. The van der Waals surface area contributed by atoms with E-state index in [0.717, 1.165) is 6.15 Å². The molecule has 0 aromatic carbocycles. The molecular formula is CH3BOP. The molecule has 1 nitrogen and oxygen atoms in total. The van der Waals surface area contributed by atoms with Crippen molar-refractivity contribution in [1.29, 1.82) is 0 Å². The van der Waals surface area contributed by atoms with Crippen molar-refractivity contribution >= 4 is 23.1 Å². The first-order valence-electron chi connectivity index (χ1n) is 0.805. The molecule has 0 N–H and O–H groups in total. The Labute approximate surface area is 28.7 Å². The average molecular weight is 72.8 g/mol. The van der Waals surface area contributed by atoms with E-state index in [1.54, 1.807) is 0 Å². The van der Waals surface area contributed by atoms with Crippen molar-refractivity contribution in [2.75, 3.05) is 0 Å². The van der Waals surface area contributed by atoms with Gasteiger partial charge in [-0.1, -0.05) is 0 Å². The molecule has 0 saturated carbocycles. The molecule has 0 fully saturated rings. The van der Waals surface area contributed by atoms with Gasteiger partial charge in [-0.05, 0) is 0 Å². The summed E-state index contributed by atoms with van der Waals surface area (Å²) in [5.74, 6) is 0. The van der Waals surface area contributed by atoms with Crippen LogP contribution in [0.4, 0.5) is 0 Å². The van der Waals surface area contributed by atoms with E-state index in [2.05, 4.69) is 12.0 Å². The van der Waals surface area contributed by atoms with Crippen molar-refractivity contribution < 1.29 is 4.52 Å². The van der Waals surface area contributed by atoms with Gasteiger partial charge in [0, 0.05) is 0 Å². The van der Waals surface area contributed by atoms with Crippen LogP contribution in [0.3, 0.4) is 0 Å². The molecule has 0 aromatic rings. The van der Waals surface area contributed by atoms with Crippen LogP contribution in [0.1, 0.15) is 0 Å². The molecule has 0 heterocycles. The van der Waals surface area contributed by atoms with Crippen LogP contribution in [-0.4, -0.2) is 13.6 Å². The quantitative estimate of drug-likeness (QED) is 0.306. The van der Waals surface area contributed by atoms with Crippen molar-refractivity contribution in [3.05, 3.63) is 0 Å². The van der Waals surface area contributed by atoms with Crippen molar-refractivity contribution in [2.24, 2.45) is 0 Å². The third-order valence-corrected chi connectivity index (χ3v) is 0.236. The summed E-state index contributed by atoms with van der Waals surface area (Å²) in [6.07, 6.45) is 1.09. The molecule has 0 rings (SSSR count). The summed E-state index contributed by atoms with van der Waals surface area (Å²) in [5.41, 5.74) is 0. The summed E-state index contributed by atoms with van der Waals surface area (Å²) in [4.78, 5) is 0. The second-order valence-electron chi connectivity index (χ2n) is 0.272. The fourth-order valence-corrected chi connectivity index (χ4v) is 0. The Morgan fingerprint density at radius 3 is 2.25 bits per heavy atom. The van der Waals surface area contributed by atoms with E-state index in [9.17, 15) is 0 Å². The van der Waals surface area contributed by atoms with Crippen LogP contribution >= 0.6 is 9.47 Å². The molecule has 0 aromatic heterocycles. The molecule has 0 aliphatic heterocycles. The maximum absolute atomic E-state index is 4.66. The first kappa shape index (κ1) is 4.16. The van der Waals surface area contributed by atoms with Gasteiger partial charge < -0.3 is 0 Å². The molecule has 4 heavy (non-hydrogen) atoms.